The van der Waals surface area contributed by atoms with Crippen LogP contribution < -0.4 is 16.0 Å². The van der Waals surface area contributed by atoms with Crippen molar-refractivity contribution in [2.75, 3.05) is 25.5 Å². The van der Waals surface area contributed by atoms with Gasteiger partial charge in [0.15, 0.2) is 0 Å². The molecular formula is C19H23N5O5. The first kappa shape index (κ1) is 21.6. The maximum Gasteiger partial charge on any atom is 0.313 e. The first-order valence-corrected chi connectivity index (χ1v) is 8.92. The van der Waals surface area contributed by atoms with Crippen LogP contribution in [0, 0.1) is 6.92 Å². The van der Waals surface area contributed by atoms with E-state index in [-0.39, 0.29) is 25.4 Å². The van der Waals surface area contributed by atoms with Gasteiger partial charge in [0.2, 0.25) is 0 Å². The molecule has 10 nitrogen and oxygen atoms in total. The van der Waals surface area contributed by atoms with Gasteiger partial charge >= 0.3 is 17.8 Å². The highest BCUT2D eigenvalue weighted by molar-refractivity contribution is 6.39. The fourth-order valence-corrected chi connectivity index (χ4v) is 2.39. The van der Waals surface area contributed by atoms with Crippen molar-refractivity contribution in [2.45, 2.75) is 19.9 Å². The molecule has 0 bridgehead atoms. The Morgan fingerprint density at radius 3 is 2.38 bits per heavy atom. The van der Waals surface area contributed by atoms with Crippen molar-refractivity contribution in [1.82, 2.24) is 20.2 Å². The quantitative estimate of drug-likeness (QED) is 0.429. The SMILES string of the molecule is COC(=O)CCNC(=O)c1ccc(NC(=O)C(=O)NCCn2ccnc2C)cc1. The molecule has 1 heterocycles. The number of nitrogens with zero attached hydrogens (tertiary/aromatic N) is 2. The molecule has 2 rings (SSSR count). The van der Waals surface area contributed by atoms with Crippen LogP contribution in [-0.2, 0) is 25.7 Å². The van der Waals surface area contributed by atoms with Crippen molar-refractivity contribution in [3.63, 3.8) is 0 Å². The van der Waals surface area contributed by atoms with E-state index in [4.69, 9.17) is 0 Å². The minimum Gasteiger partial charge on any atom is -0.469 e. The number of carbonyl (C=O) groups excluding carboxylic acids is 4. The molecule has 3 N–H and O–H groups in total. The van der Waals surface area contributed by atoms with E-state index in [0.29, 0.717) is 17.8 Å². The van der Waals surface area contributed by atoms with E-state index in [1.165, 1.54) is 31.4 Å². The zero-order valence-corrected chi connectivity index (χ0v) is 16.2. The number of aryl methyl sites for hydroxylation is 1. The molecule has 0 aliphatic heterocycles. The Morgan fingerprint density at radius 1 is 1.03 bits per heavy atom. The van der Waals surface area contributed by atoms with Gasteiger partial charge in [0.1, 0.15) is 5.82 Å². The number of aromatic nitrogens is 2. The lowest BCUT2D eigenvalue weighted by atomic mass is 10.2. The Kier molecular flexibility index (Phi) is 7.89. The summed E-state index contributed by atoms with van der Waals surface area (Å²) in [7, 11) is 1.28. The molecule has 0 atom stereocenters. The van der Waals surface area contributed by atoms with Crippen molar-refractivity contribution >= 4 is 29.4 Å². The molecule has 0 fully saturated rings. The molecule has 0 spiro atoms. The van der Waals surface area contributed by atoms with E-state index in [2.05, 4.69) is 25.7 Å². The van der Waals surface area contributed by atoms with Gasteiger partial charge in [-0.2, -0.15) is 0 Å². The number of nitrogens with one attached hydrogen (secondary N) is 3. The summed E-state index contributed by atoms with van der Waals surface area (Å²) in [4.78, 5) is 50.9. The van der Waals surface area contributed by atoms with Gasteiger partial charge in [0.05, 0.1) is 13.5 Å². The number of anilines is 1. The number of methoxy groups -OCH3 is 1. The Morgan fingerprint density at radius 2 is 1.76 bits per heavy atom. The Hall–Kier alpha value is -3.69. The van der Waals surface area contributed by atoms with E-state index in [1.807, 2.05) is 11.5 Å². The van der Waals surface area contributed by atoms with Crippen molar-refractivity contribution in [3.8, 4) is 0 Å². The van der Waals surface area contributed by atoms with E-state index in [0.717, 1.165) is 5.82 Å². The van der Waals surface area contributed by atoms with Gasteiger partial charge in [0.25, 0.3) is 5.91 Å². The van der Waals surface area contributed by atoms with E-state index < -0.39 is 17.8 Å². The molecule has 0 aliphatic carbocycles. The summed E-state index contributed by atoms with van der Waals surface area (Å²) in [6, 6.07) is 6.02. The van der Waals surface area contributed by atoms with Crippen LogP contribution >= 0.6 is 0 Å². The predicted molar refractivity (Wildman–Crippen MR) is 104 cm³/mol. The lowest BCUT2D eigenvalue weighted by Gasteiger charge is -2.09. The zero-order chi connectivity index (χ0) is 21.2. The van der Waals surface area contributed by atoms with Crippen LogP contribution in [0.5, 0.6) is 0 Å². The molecule has 0 aliphatic rings. The number of hydrogen-bond acceptors (Lipinski definition) is 6. The number of benzene rings is 1. The highest BCUT2D eigenvalue weighted by Gasteiger charge is 2.14. The van der Waals surface area contributed by atoms with Gasteiger partial charge < -0.3 is 25.3 Å². The molecule has 0 saturated heterocycles. The van der Waals surface area contributed by atoms with Crippen LogP contribution in [0.4, 0.5) is 5.69 Å². The molecular weight excluding hydrogens is 378 g/mol. The maximum atomic E-state index is 12.0. The zero-order valence-electron chi connectivity index (χ0n) is 16.2. The van der Waals surface area contributed by atoms with Gasteiger partial charge in [-0.3, -0.25) is 19.2 Å². The highest BCUT2D eigenvalue weighted by atomic mass is 16.5. The first-order chi connectivity index (χ1) is 13.9. The van der Waals surface area contributed by atoms with Gasteiger partial charge in [-0.05, 0) is 31.2 Å². The van der Waals surface area contributed by atoms with Gasteiger partial charge in [-0.15, -0.1) is 0 Å². The third kappa shape index (κ3) is 6.76. The van der Waals surface area contributed by atoms with Crippen molar-refractivity contribution in [3.05, 3.63) is 48.0 Å². The van der Waals surface area contributed by atoms with Crippen LogP contribution in [0.15, 0.2) is 36.7 Å². The van der Waals surface area contributed by atoms with Gasteiger partial charge in [0, 0.05) is 43.3 Å². The fraction of sp³-hybridized carbons (Fsp3) is 0.316. The molecule has 0 radical (unpaired) electrons. The van der Waals surface area contributed by atoms with E-state index >= 15 is 0 Å². The van der Waals surface area contributed by atoms with Crippen LogP contribution in [-0.4, -0.2) is 53.4 Å². The molecule has 0 saturated carbocycles. The number of ether oxygens (including phenoxy) is 1. The lowest BCUT2D eigenvalue weighted by Crippen LogP contribution is -2.37. The molecule has 154 valence electrons. The minimum absolute atomic E-state index is 0.0753. The normalized spacial score (nSPS) is 10.1. The average molecular weight is 401 g/mol. The number of amides is 3. The largest absolute Gasteiger partial charge is 0.469 e. The topological polar surface area (TPSA) is 131 Å². The standard InChI is InChI=1S/C19H23N5O5/c1-13-20-9-11-24(13)12-10-22-18(27)19(28)23-15-5-3-14(4-6-15)17(26)21-8-7-16(25)29-2/h3-6,9,11H,7-8,10,12H2,1-2H3,(H,21,26)(H,22,27)(H,23,28). The second-order valence-electron chi connectivity index (χ2n) is 6.04. The molecule has 1 aromatic carbocycles. The molecule has 3 amide bonds. The number of hydrogen-bond donors (Lipinski definition) is 3. The minimum atomic E-state index is -0.803. The predicted octanol–water partition coefficient (Wildman–Crippen LogP) is 0.239. The Bertz CT molecular complexity index is 875. The summed E-state index contributed by atoms with van der Waals surface area (Å²) in [6.45, 7) is 2.79. The summed E-state index contributed by atoms with van der Waals surface area (Å²) >= 11 is 0. The van der Waals surface area contributed by atoms with Gasteiger partial charge in [-0.25, -0.2) is 4.98 Å². The Balaban J connectivity index is 1.76. The third-order valence-electron chi connectivity index (χ3n) is 4.02. The summed E-state index contributed by atoms with van der Waals surface area (Å²) in [6.07, 6.45) is 3.52. The number of carbonyl (C=O) groups is 4. The molecule has 2 aromatic rings. The van der Waals surface area contributed by atoms with Crippen molar-refractivity contribution < 1.29 is 23.9 Å². The Labute approximate surface area is 167 Å². The van der Waals surface area contributed by atoms with Crippen molar-refractivity contribution in [1.29, 1.82) is 0 Å². The maximum absolute atomic E-state index is 12.0. The highest BCUT2D eigenvalue weighted by Crippen LogP contribution is 2.09. The number of imidazole rings is 1. The molecule has 10 heteroatoms. The summed E-state index contributed by atoms with van der Waals surface area (Å²) in [5.74, 6) is -1.52. The smallest absolute Gasteiger partial charge is 0.313 e. The third-order valence-corrected chi connectivity index (χ3v) is 4.02. The molecule has 29 heavy (non-hydrogen) atoms. The average Bonchev–Trinajstić information content (AvgIpc) is 3.12. The van der Waals surface area contributed by atoms with Gasteiger partial charge in [-0.1, -0.05) is 0 Å². The molecule has 0 unspecified atom stereocenters. The van der Waals surface area contributed by atoms with E-state index in [9.17, 15) is 19.2 Å². The second kappa shape index (κ2) is 10.6. The molecule has 1 aromatic heterocycles. The monoisotopic (exact) mass is 401 g/mol. The van der Waals surface area contributed by atoms with Crippen molar-refractivity contribution in [2.24, 2.45) is 0 Å². The van der Waals surface area contributed by atoms with Crippen LogP contribution in [0.2, 0.25) is 0 Å². The van der Waals surface area contributed by atoms with Crippen LogP contribution in [0.1, 0.15) is 22.6 Å². The number of rotatable bonds is 8. The van der Waals surface area contributed by atoms with Crippen LogP contribution in [0.25, 0.3) is 0 Å². The van der Waals surface area contributed by atoms with Crippen LogP contribution in [0.3, 0.4) is 0 Å². The summed E-state index contributed by atoms with van der Waals surface area (Å²) < 4.78 is 6.35. The van der Waals surface area contributed by atoms with E-state index in [1.54, 1.807) is 12.4 Å². The fourth-order valence-electron chi connectivity index (χ4n) is 2.39. The lowest BCUT2D eigenvalue weighted by molar-refractivity contribution is -0.140. The first-order valence-electron chi connectivity index (χ1n) is 8.92. The summed E-state index contributed by atoms with van der Waals surface area (Å²) in [5.41, 5.74) is 0.731. The second-order valence-corrected chi connectivity index (χ2v) is 6.04. The number of esters is 1. The summed E-state index contributed by atoms with van der Waals surface area (Å²) in [5, 5.41) is 7.58.